The Morgan fingerprint density at radius 1 is 1.25 bits per heavy atom. The van der Waals surface area contributed by atoms with Gasteiger partial charge in [0.05, 0.1) is 6.61 Å². The number of benzene rings is 2. The van der Waals surface area contributed by atoms with Crippen LogP contribution in [0.1, 0.15) is 11.1 Å². The normalized spacial score (nSPS) is 12.9. The van der Waals surface area contributed by atoms with Gasteiger partial charge < -0.3 is 15.4 Å². The maximum Gasteiger partial charge on any atom is 0.127 e. The van der Waals surface area contributed by atoms with Crippen molar-refractivity contribution in [3.05, 3.63) is 52.0 Å². The molecule has 20 heavy (non-hydrogen) atoms. The average Bonchev–Trinajstić information content (AvgIpc) is 2.87. The van der Waals surface area contributed by atoms with E-state index in [9.17, 15) is 0 Å². The summed E-state index contributed by atoms with van der Waals surface area (Å²) in [6, 6.07) is 12.2. The van der Waals surface area contributed by atoms with Gasteiger partial charge in [-0.15, -0.1) is 0 Å². The second-order valence-electron chi connectivity index (χ2n) is 5.10. The van der Waals surface area contributed by atoms with Crippen LogP contribution in [0.15, 0.2) is 40.9 Å². The Labute approximate surface area is 127 Å². The summed E-state index contributed by atoms with van der Waals surface area (Å²) >= 11 is 3.58. The number of halogens is 1. The number of nitrogens with zero attached hydrogens (tertiary/aromatic N) is 1. The summed E-state index contributed by atoms with van der Waals surface area (Å²) in [5.74, 6) is 1.05. The van der Waals surface area contributed by atoms with Crippen LogP contribution < -0.4 is 15.4 Å². The zero-order valence-corrected chi connectivity index (χ0v) is 13.0. The van der Waals surface area contributed by atoms with Crippen LogP contribution in [0.25, 0.3) is 0 Å². The lowest BCUT2D eigenvalue weighted by Gasteiger charge is -2.21. The lowest BCUT2D eigenvalue weighted by molar-refractivity contribution is 0.353. The molecule has 1 heterocycles. The van der Waals surface area contributed by atoms with Crippen molar-refractivity contribution in [2.24, 2.45) is 0 Å². The van der Waals surface area contributed by atoms with E-state index in [1.54, 1.807) is 0 Å². The summed E-state index contributed by atoms with van der Waals surface area (Å²) in [6.07, 6.45) is 0.993. The highest BCUT2D eigenvalue weighted by molar-refractivity contribution is 9.10. The standard InChI is InChI=1S/C16H17BrN2O/c1-19(15-4-2-14(18)3-5-15)10-12-9-13(17)8-11-6-7-20-16(11)12/h2-5,8-9H,6-7,10,18H2,1H3. The zero-order chi connectivity index (χ0) is 14.1. The molecule has 0 spiro atoms. The van der Waals surface area contributed by atoms with Crippen molar-refractivity contribution in [1.29, 1.82) is 0 Å². The predicted octanol–water partition coefficient (Wildman–Crippen LogP) is 3.60. The highest BCUT2D eigenvalue weighted by atomic mass is 79.9. The fourth-order valence-corrected chi connectivity index (χ4v) is 3.09. The van der Waals surface area contributed by atoms with E-state index in [-0.39, 0.29) is 0 Å². The Morgan fingerprint density at radius 3 is 2.75 bits per heavy atom. The second-order valence-corrected chi connectivity index (χ2v) is 6.01. The fourth-order valence-electron chi connectivity index (χ4n) is 2.54. The van der Waals surface area contributed by atoms with Gasteiger partial charge >= 0.3 is 0 Å². The molecule has 0 bridgehead atoms. The molecule has 104 valence electrons. The summed E-state index contributed by atoms with van der Waals surface area (Å²) in [5, 5.41) is 0. The Balaban J connectivity index is 1.86. The molecule has 1 aliphatic rings. The lowest BCUT2D eigenvalue weighted by Crippen LogP contribution is -2.16. The Morgan fingerprint density at radius 2 is 2.00 bits per heavy atom. The van der Waals surface area contributed by atoms with Crippen molar-refractivity contribution in [3.8, 4) is 5.75 Å². The number of hydrogen-bond donors (Lipinski definition) is 1. The van der Waals surface area contributed by atoms with Gasteiger partial charge in [-0.2, -0.15) is 0 Å². The third-order valence-electron chi connectivity index (χ3n) is 3.57. The predicted molar refractivity (Wildman–Crippen MR) is 86.3 cm³/mol. The average molecular weight is 333 g/mol. The van der Waals surface area contributed by atoms with E-state index in [2.05, 4.69) is 40.0 Å². The molecule has 2 N–H and O–H groups in total. The van der Waals surface area contributed by atoms with Crippen LogP contribution in [-0.2, 0) is 13.0 Å². The monoisotopic (exact) mass is 332 g/mol. The molecular weight excluding hydrogens is 316 g/mol. The molecule has 3 nitrogen and oxygen atoms in total. The minimum atomic E-state index is 0.782. The molecule has 2 aromatic carbocycles. The lowest BCUT2D eigenvalue weighted by atomic mass is 10.1. The minimum Gasteiger partial charge on any atom is -0.493 e. The van der Waals surface area contributed by atoms with Crippen LogP contribution in [0.3, 0.4) is 0 Å². The molecule has 1 aliphatic heterocycles. The SMILES string of the molecule is CN(Cc1cc(Br)cc2c1OCC2)c1ccc(N)cc1. The number of ether oxygens (including phenoxy) is 1. The molecule has 0 atom stereocenters. The first kappa shape index (κ1) is 13.3. The number of rotatable bonds is 3. The van der Waals surface area contributed by atoms with Gasteiger partial charge in [0.2, 0.25) is 0 Å². The van der Waals surface area contributed by atoms with E-state index >= 15 is 0 Å². The molecule has 0 saturated carbocycles. The maximum absolute atomic E-state index is 5.77. The zero-order valence-electron chi connectivity index (χ0n) is 11.4. The van der Waals surface area contributed by atoms with Crippen molar-refractivity contribution >= 4 is 27.3 Å². The molecule has 0 amide bonds. The smallest absolute Gasteiger partial charge is 0.127 e. The van der Waals surface area contributed by atoms with Gasteiger partial charge in [0.15, 0.2) is 0 Å². The van der Waals surface area contributed by atoms with Gasteiger partial charge in [-0.05, 0) is 42.0 Å². The third-order valence-corrected chi connectivity index (χ3v) is 4.02. The highest BCUT2D eigenvalue weighted by Crippen LogP contribution is 2.34. The van der Waals surface area contributed by atoms with Crippen LogP contribution in [0.5, 0.6) is 5.75 Å². The molecular formula is C16H17BrN2O. The van der Waals surface area contributed by atoms with Gasteiger partial charge in [0, 0.05) is 41.4 Å². The van der Waals surface area contributed by atoms with Crippen LogP contribution in [-0.4, -0.2) is 13.7 Å². The van der Waals surface area contributed by atoms with E-state index < -0.39 is 0 Å². The Hall–Kier alpha value is -1.68. The van der Waals surface area contributed by atoms with Crippen molar-refractivity contribution in [2.75, 3.05) is 24.3 Å². The number of hydrogen-bond acceptors (Lipinski definition) is 3. The minimum absolute atomic E-state index is 0.782. The van der Waals surface area contributed by atoms with Gasteiger partial charge in [-0.3, -0.25) is 0 Å². The highest BCUT2D eigenvalue weighted by Gasteiger charge is 2.18. The molecule has 0 aliphatic carbocycles. The summed E-state index contributed by atoms with van der Waals surface area (Å²) in [6.45, 7) is 1.59. The summed E-state index contributed by atoms with van der Waals surface area (Å²) in [5.41, 5.74) is 10.2. The number of nitrogens with two attached hydrogens (primary N) is 1. The first-order valence-corrected chi connectivity index (χ1v) is 7.43. The van der Waals surface area contributed by atoms with Gasteiger partial charge in [0.1, 0.15) is 5.75 Å². The molecule has 0 radical (unpaired) electrons. The third kappa shape index (κ3) is 2.61. The van der Waals surface area contributed by atoms with Crippen molar-refractivity contribution in [2.45, 2.75) is 13.0 Å². The second kappa shape index (κ2) is 5.37. The van der Waals surface area contributed by atoms with Crippen LogP contribution in [0.2, 0.25) is 0 Å². The van der Waals surface area contributed by atoms with Crippen LogP contribution in [0, 0.1) is 0 Å². The van der Waals surface area contributed by atoms with E-state index in [0.29, 0.717) is 0 Å². The summed E-state index contributed by atoms with van der Waals surface area (Å²) in [4.78, 5) is 2.20. The maximum atomic E-state index is 5.77. The van der Waals surface area contributed by atoms with E-state index in [4.69, 9.17) is 10.5 Å². The fraction of sp³-hybridized carbons (Fsp3) is 0.250. The van der Waals surface area contributed by atoms with E-state index in [1.807, 2.05) is 24.3 Å². The number of anilines is 2. The molecule has 0 fully saturated rings. The largest absolute Gasteiger partial charge is 0.493 e. The summed E-state index contributed by atoms with van der Waals surface area (Å²) < 4.78 is 6.89. The van der Waals surface area contributed by atoms with Crippen molar-refractivity contribution < 1.29 is 4.74 Å². The number of fused-ring (bicyclic) bond motifs is 1. The van der Waals surface area contributed by atoms with Crippen molar-refractivity contribution in [3.63, 3.8) is 0 Å². The quantitative estimate of drug-likeness (QED) is 0.872. The van der Waals surface area contributed by atoms with Crippen LogP contribution in [0.4, 0.5) is 11.4 Å². The number of nitrogen functional groups attached to an aromatic ring is 1. The Kier molecular flexibility index (Phi) is 3.57. The van der Waals surface area contributed by atoms with Crippen molar-refractivity contribution in [1.82, 2.24) is 0 Å². The first-order chi connectivity index (χ1) is 9.63. The molecule has 0 unspecified atom stereocenters. The topological polar surface area (TPSA) is 38.5 Å². The van der Waals surface area contributed by atoms with Crippen LogP contribution >= 0.6 is 15.9 Å². The summed E-state index contributed by atoms with van der Waals surface area (Å²) in [7, 11) is 2.08. The molecule has 2 aromatic rings. The molecule has 4 heteroatoms. The van der Waals surface area contributed by atoms with E-state index in [1.165, 1.54) is 11.1 Å². The van der Waals surface area contributed by atoms with E-state index in [0.717, 1.165) is 41.2 Å². The molecule has 0 saturated heterocycles. The Bertz CT molecular complexity index is 625. The van der Waals surface area contributed by atoms with Gasteiger partial charge in [-0.25, -0.2) is 0 Å². The van der Waals surface area contributed by atoms with Gasteiger partial charge in [0.25, 0.3) is 0 Å². The molecule has 0 aromatic heterocycles. The first-order valence-electron chi connectivity index (χ1n) is 6.64. The molecule has 3 rings (SSSR count). The van der Waals surface area contributed by atoms with Gasteiger partial charge in [-0.1, -0.05) is 15.9 Å².